The fraction of sp³-hybridized carbons (Fsp3) is 0.417. The van der Waals surface area contributed by atoms with Gasteiger partial charge in [-0.1, -0.05) is 0 Å². The van der Waals surface area contributed by atoms with Gasteiger partial charge in [-0.15, -0.1) is 0 Å². The van der Waals surface area contributed by atoms with E-state index in [0.717, 1.165) is 56.8 Å². The van der Waals surface area contributed by atoms with E-state index in [0.29, 0.717) is 46.9 Å². The van der Waals surface area contributed by atoms with E-state index >= 15 is 0 Å². The predicted molar refractivity (Wildman–Crippen MR) is 134 cm³/mol. The van der Waals surface area contributed by atoms with Gasteiger partial charge in [0, 0.05) is 67.5 Å². The second-order valence-electron chi connectivity index (χ2n) is 9.16. The monoisotopic (exact) mass is 499 g/mol. The molecule has 0 unspecified atom stereocenters. The molecule has 5 rings (SSSR count). The van der Waals surface area contributed by atoms with Crippen LogP contribution in [0.3, 0.4) is 0 Å². The minimum absolute atomic E-state index is 0.00817. The molecule has 3 aliphatic heterocycles. The molecule has 10 nitrogen and oxygen atoms in total. The summed E-state index contributed by atoms with van der Waals surface area (Å²) in [5.74, 6) is -0.268. The number of amides is 2. The number of hydrogen-bond acceptors (Lipinski definition) is 6. The van der Waals surface area contributed by atoms with Crippen molar-refractivity contribution >= 4 is 44.9 Å². The van der Waals surface area contributed by atoms with E-state index < -0.39 is 10.0 Å². The summed E-state index contributed by atoms with van der Waals surface area (Å²) in [7, 11) is -3.45. The fourth-order valence-electron chi connectivity index (χ4n) is 4.86. The maximum Gasteiger partial charge on any atom is 0.256 e. The second-order valence-corrected chi connectivity index (χ2v) is 10.9. The molecule has 35 heavy (non-hydrogen) atoms. The van der Waals surface area contributed by atoms with Gasteiger partial charge in [0.15, 0.2) is 0 Å². The topological polar surface area (TPSA) is 124 Å². The molecular formula is C24H29N5O5S. The summed E-state index contributed by atoms with van der Waals surface area (Å²) in [6.07, 6.45) is 3.54. The Morgan fingerprint density at radius 1 is 1.14 bits per heavy atom. The molecule has 0 spiro atoms. The number of hydrogen-bond donors (Lipinski definition) is 3. The van der Waals surface area contributed by atoms with Crippen molar-refractivity contribution in [3.8, 4) is 0 Å². The van der Waals surface area contributed by atoms with Crippen molar-refractivity contribution in [2.45, 2.75) is 13.3 Å². The van der Waals surface area contributed by atoms with Gasteiger partial charge in [0.25, 0.3) is 11.8 Å². The van der Waals surface area contributed by atoms with E-state index in [1.165, 1.54) is 0 Å². The first kappa shape index (κ1) is 23.6. The number of sulfonamides is 1. The van der Waals surface area contributed by atoms with Gasteiger partial charge in [-0.3, -0.25) is 19.2 Å². The Morgan fingerprint density at radius 3 is 2.66 bits per heavy atom. The standard InChI is InChI=1S/C24H29N5O5S/c1-15-21(14-18-17-13-16(27-35(2,32)33)3-4-19(17)26-23(18)30)25-20-5-6-29(24(31)22(15)20)8-7-28-9-11-34-12-10-28/h3-4,13-14,25,27H,5-12H2,1-2H3,(H,26,30). The number of nitrogens with one attached hydrogen (secondary N) is 3. The quantitative estimate of drug-likeness (QED) is 0.518. The summed E-state index contributed by atoms with van der Waals surface area (Å²) < 4.78 is 31.1. The summed E-state index contributed by atoms with van der Waals surface area (Å²) in [5, 5.41) is 2.82. The zero-order valence-corrected chi connectivity index (χ0v) is 20.6. The van der Waals surface area contributed by atoms with Crippen LogP contribution in [-0.2, 0) is 26.0 Å². The molecular weight excluding hydrogens is 470 g/mol. The van der Waals surface area contributed by atoms with Crippen LogP contribution in [0.2, 0.25) is 0 Å². The van der Waals surface area contributed by atoms with Crippen molar-refractivity contribution in [2.24, 2.45) is 0 Å². The summed E-state index contributed by atoms with van der Waals surface area (Å²) in [6, 6.07) is 4.91. The zero-order valence-electron chi connectivity index (χ0n) is 19.8. The summed E-state index contributed by atoms with van der Waals surface area (Å²) in [6.45, 7) is 7.27. The lowest BCUT2D eigenvalue weighted by Crippen LogP contribution is -2.45. The molecule has 1 aromatic heterocycles. The second kappa shape index (κ2) is 9.14. The van der Waals surface area contributed by atoms with E-state index in [1.807, 2.05) is 11.8 Å². The van der Waals surface area contributed by atoms with Crippen LogP contribution in [0, 0.1) is 6.92 Å². The van der Waals surface area contributed by atoms with Gasteiger partial charge < -0.3 is 19.9 Å². The molecule has 2 amide bonds. The molecule has 11 heteroatoms. The van der Waals surface area contributed by atoms with Crippen molar-refractivity contribution in [2.75, 3.05) is 62.2 Å². The number of ether oxygens (including phenoxy) is 1. The van der Waals surface area contributed by atoms with Gasteiger partial charge in [0.05, 0.1) is 30.6 Å². The molecule has 3 aliphatic rings. The lowest BCUT2D eigenvalue weighted by atomic mass is 10.0. The average molecular weight is 500 g/mol. The Hall–Kier alpha value is -3.15. The third-order valence-electron chi connectivity index (χ3n) is 6.68. The van der Waals surface area contributed by atoms with Crippen molar-refractivity contribution in [3.05, 3.63) is 46.3 Å². The number of benzene rings is 1. The number of rotatable bonds is 6. The van der Waals surface area contributed by atoms with Crippen LogP contribution in [0.1, 0.15) is 32.9 Å². The minimum atomic E-state index is -3.45. The van der Waals surface area contributed by atoms with Crippen LogP contribution in [0.15, 0.2) is 18.2 Å². The molecule has 3 N–H and O–H groups in total. The van der Waals surface area contributed by atoms with Gasteiger partial charge in [0.2, 0.25) is 10.0 Å². The van der Waals surface area contributed by atoms with E-state index in [1.54, 1.807) is 24.3 Å². The fourth-order valence-corrected chi connectivity index (χ4v) is 5.42. The number of carbonyl (C=O) groups is 2. The normalized spacial score (nSPS) is 19.6. The third kappa shape index (κ3) is 4.84. The number of nitrogens with zero attached hydrogens (tertiary/aromatic N) is 2. The van der Waals surface area contributed by atoms with Crippen LogP contribution in [-0.4, -0.2) is 87.2 Å². The SMILES string of the molecule is Cc1c(C=C2C(=O)Nc3ccc(NS(C)(=O)=O)cc32)[nH]c2c1C(=O)N(CCN1CCOCC1)CC2. The average Bonchev–Trinajstić information content (AvgIpc) is 3.29. The summed E-state index contributed by atoms with van der Waals surface area (Å²) >= 11 is 0. The van der Waals surface area contributed by atoms with Crippen LogP contribution in [0.4, 0.5) is 11.4 Å². The molecule has 0 saturated carbocycles. The zero-order chi connectivity index (χ0) is 24.7. The van der Waals surface area contributed by atoms with Gasteiger partial charge in [-0.25, -0.2) is 8.42 Å². The van der Waals surface area contributed by atoms with Gasteiger partial charge in [0.1, 0.15) is 0 Å². The molecule has 0 bridgehead atoms. The van der Waals surface area contributed by atoms with Crippen LogP contribution in [0.25, 0.3) is 11.6 Å². The van der Waals surface area contributed by atoms with Gasteiger partial charge >= 0.3 is 0 Å². The van der Waals surface area contributed by atoms with Crippen molar-refractivity contribution in [1.29, 1.82) is 0 Å². The van der Waals surface area contributed by atoms with E-state index in [4.69, 9.17) is 4.74 Å². The predicted octanol–water partition coefficient (Wildman–Crippen LogP) is 1.52. The molecule has 2 aromatic rings. The first-order valence-corrected chi connectivity index (χ1v) is 13.5. The van der Waals surface area contributed by atoms with Crippen LogP contribution in [0.5, 0.6) is 0 Å². The largest absolute Gasteiger partial charge is 0.379 e. The molecule has 0 atom stereocenters. The third-order valence-corrected chi connectivity index (χ3v) is 7.29. The maximum atomic E-state index is 13.3. The first-order chi connectivity index (χ1) is 16.7. The van der Waals surface area contributed by atoms with E-state index in [9.17, 15) is 18.0 Å². The van der Waals surface area contributed by atoms with E-state index in [-0.39, 0.29) is 11.8 Å². The lowest BCUT2D eigenvalue weighted by Gasteiger charge is -2.32. The van der Waals surface area contributed by atoms with Crippen molar-refractivity contribution in [3.63, 3.8) is 0 Å². The number of carbonyl (C=O) groups excluding carboxylic acids is 2. The number of morpholine rings is 1. The van der Waals surface area contributed by atoms with E-state index in [2.05, 4.69) is 19.9 Å². The highest BCUT2D eigenvalue weighted by molar-refractivity contribution is 7.92. The van der Waals surface area contributed by atoms with Crippen LogP contribution >= 0.6 is 0 Å². The Balaban J connectivity index is 1.39. The van der Waals surface area contributed by atoms with Gasteiger partial charge in [-0.05, 0) is 36.8 Å². The molecule has 1 saturated heterocycles. The number of aromatic nitrogens is 1. The Bertz CT molecular complexity index is 1320. The first-order valence-electron chi connectivity index (χ1n) is 11.7. The molecule has 1 aromatic carbocycles. The highest BCUT2D eigenvalue weighted by Crippen LogP contribution is 2.36. The van der Waals surface area contributed by atoms with Crippen molar-refractivity contribution < 1.29 is 22.7 Å². The molecule has 1 fully saturated rings. The molecule has 0 aliphatic carbocycles. The molecule has 0 radical (unpaired) electrons. The Kier molecular flexibility index (Phi) is 6.16. The minimum Gasteiger partial charge on any atom is -0.379 e. The lowest BCUT2D eigenvalue weighted by molar-refractivity contribution is -0.110. The Labute approximate surface area is 204 Å². The number of anilines is 2. The Morgan fingerprint density at radius 2 is 1.91 bits per heavy atom. The highest BCUT2D eigenvalue weighted by Gasteiger charge is 2.31. The highest BCUT2D eigenvalue weighted by atomic mass is 32.2. The maximum absolute atomic E-state index is 13.3. The number of H-pyrrole nitrogens is 1. The molecule has 186 valence electrons. The summed E-state index contributed by atoms with van der Waals surface area (Å²) in [4.78, 5) is 33.6. The number of fused-ring (bicyclic) bond motifs is 2. The smallest absolute Gasteiger partial charge is 0.256 e. The van der Waals surface area contributed by atoms with Gasteiger partial charge in [-0.2, -0.15) is 0 Å². The van der Waals surface area contributed by atoms with Crippen LogP contribution < -0.4 is 10.0 Å². The summed E-state index contributed by atoms with van der Waals surface area (Å²) in [5.41, 5.74) is 5.08. The molecule has 4 heterocycles. The van der Waals surface area contributed by atoms with Crippen molar-refractivity contribution in [1.82, 2.24) is 14.8 Å². The number of aromatic amines is 1.